The number of imidazole rings is 1. The number of aryl methyl sites for hydroxylation is 1. The van der Waals surface area contributed by atoms with Gasteiger partial charge in [-0.15, -0.1) is 0 Å². The average molecular weight is 424 g/mol. The van der Waals surface area contributed by atoms with Crippen molar-refractivity contribution in [2.45, 2.75) is 64.7 Å². The number of nitrogens with zero attached hydrogens (tertiary/aromatic N) is 3. The lowest BCUT2D eigenvalue weighted by Gasteiger charge is -2.43. The van der Waals surface area contributed by atoms with Crippen LogP contribution in [0.25, 0.3) is 0 Å². The lowest BCUT2D eigenvalue weighted by Crippen LogP contribution is -2.64. The maximum absolute atomic E-state index is 13.4. The average Bonchev–Trinajstić information content (AvgIpc) is 3.46. The molecule has 1 aliphatic carbocycles. The minimum absolute atomic E-state index is 0.139. The number of rotatable bonds is 7. The van der Waals surface area contributed by atoms with Crippen molar-refractivity contribution < 1.29 is 14.4 Å². The van der Waals surface area contributed by atoms with Gasteiger partial charge >= 0.3 is 0 Å². The van der Waals surface area contributed by atoms with Gasteiger partial charge in [-0.1, -0.05) is 36.8 Å². The van der Waals surface area contributed by atoms with Crippen LogP contribution in [0.15, 0.2) is 30.6 Å². The van der Waals surface area contributed by atoms with Crippen molar-refractivity contribution in [1.29, 1.82) is 0 Å². The van der Waals surface area contributed by atoms with Gasteiger partial charge in [0.2, 0.25) is 5.91 Å². The van der Waals surface area contributed by atoms with Crippen molar-refractivity contribution in [2.75, 3.05) is 6.54 Å². The summed E-state index contributed by atoms with van der Waals surface area (Å²) in [4.78, 5) is 45.1. The number of aromatic nitrogens is 2. The van der Waals surface area contributed by atoms with Gasteiger partial charge in [-0.05, 0) is 38.7 Å². The van der Waals surface area contributed by atoms with Crippen LogP contribution in [-0.2, 0) is 17.9 Å². The molecule has 8 nitrogen and oxygen atoms in total. The molecule has 1 aliphatic heterocycles. The van der Waals surface area contributed by atoms with Crippen LogP contribution >= 0.6 is 0 Å². The van der Waals surface area contributed by atoms with Crippen LogP contribution < -0.4 is 10.6 Å². The van der Waals surface area contributed by atoms with Crippen molar-refractivity contribution >= 4 is 17.7 Å². The number of hydrogen-bond acceptors (Lipinski definition) is 4. The first-order valence-electron chi connectivity index (χ1n) is 10.8. The third kappa shape index (κ3) is 4.06. The molecule has 1 atom stereocenters. The fourth-order valence-electron chi connectivity index (χ4n) is 3.99. The summed E-state index contributed by atoms with van der Waals surface area (Å²) in [5.74, 6) is -0.883. The molecule has 0 saturated heterocycles. The number of benzene rings is 1. The topological polar surface area (TPSA) is 96.3 Å². The van der Waals surface area contributed by atoms with Gasteiger partial charge in [0.05, 0.1) is 12.9 Å². The van der Waals surface area contributed by atoms with E-state index < -0.39 is 5.54 Å². The van der Waals surface area contributed by atoms with Crippen LogP contribution in [0.1, 0.15) is 65.2 Å². The molecule has 2 N–H and O–H groups in total. The molecule has 8 heteroatoms. The molecular weight excluding hydrogens is 394 g/mol. The van der Waals surface area contributed by atoms with Gasteiger partial charge in [-0.25, -0.2) is 4.98 Å². The van der Waals surface area contributed by atoms with Crippen molar-refractivity contribution in [3.05, 3.63) is 53.1 Å². The van der Waals surface area contributed by atoms with Crippen molar-refractivity contribution in [3.63, 3.8) is 0 Å². The van der Waals surface area contributed by atoms with Crippen LogP contribution in [0.5, 0.6) is 0 Å². The molecule has 0 bridgehead atoms. The number of amides is 3. The fourth-order valence-corrected chi connectivity index (χ4v) is 3.99. The standard InChI is InChI=1S/C23H29N5O3/c1-4-11-28-21(30)19-18(20(29)26-17-9-10-17)25-14-27(19)13-23(28,3)22(31)24-12-16-7-5-15(2)6-8-16/h5-8,14,17H,4,9-13H2,1-3H3,(H,24,31)(H,26,29). The first-order chi connectivity index (χ1) is 14.8. The van der Waals surface area contributed by atoms with Crippen LogP contribution in [0, 0.1) is 6.92 Å². The third-order valence-corrected chi connectivity index (χ3v) is 6.00. The molecule has 4 rings (SSSR count). The Bertz CT molecular complexity index is 1010. The normalized spacial score (nSPS) is 20.4. The Morgan fingerprint density at radius 3 is 2.58 bits per heavy atom. The molecule has 1 fully saturated rings. The van der Waals surface area contributed by atoms with Gasteiger partial charge in [0.25, 0.3) is 11.8 Å². The van der Waals surface area contributed by atoms with E-state index in [1.54, 1.807) is 16.4 Å². The molecule has 2 aromatic rings. The van der Waals surface area contributed by atoms with E-state index in [2.05, 4.69) is 15.6 Å². The van der Waals surface area contributed by atoms with Gasteiger partial charge in [-0.2, -0.15) is 0 Å². The molecule has 164 valence electrons. The summed E-state index contributed by atoms with van der Waals surface area (Å²) in [7, 11) is 0. The van der Waals surface area contributed by atoms with Gasteiger partial charge in [0, 0.05) is 19.1 Å². The van der Waals surface area contributed by atoms with Crippen molar-refractivity contribution in [2.24, 2.45) is 0 Å². The zero-order valence-corrected chi connectivity index (χ0v) is 18.3. The predicted molar refractivity (Wildman–Crippen MR) is 115 cm³/mol. The Labute approximate surface area is 182 Å². The van der Waals surface area contributed by atoms with Crippen LogP contribution in [0.2, 0.25) is 0 Å². The van der Waals surface area contributed by atoms with E-state index in [-0.39, 0.29) is 41.7 Å². The number of fused-ring (bicyclic) bond motifs is 1. The Morgan fingerprint density at radius 1 is 1.23 bits per heavy atom. The zero-order chi connectivity index (χ0) is 22.2. The van der Waals surface area contributed by atoms with E-state index in [9.17, 15) is 14.4 Å². The molecule has 2 aliphatic rings. The van der Waals surface area contributed by atoms with E-state index >= 15 is 0 Å². The Kier molecular flexibility index (Phi) is 5.56. The van der Waals surface area contributed by atoms with E-state index in [0.717, 1.165) is 24.0 Å². The predicted octanol–water partition coefficient (Wildman–Crippen LogP) is 2.02. The lowest BCUT2D eigenvalue weighted by molar-refractivity contribution is -0.133. The van der Waals surface area contributed by atoms with Crippen LogP contribution in [0.3, 0.4) is 0 Å². The molecule has 2 heterocycles. The maximum Gasteiger partial charge on any atom is 0.273 e. The van der Waals surface area contributed by atoms with Gasteiger partial charge in [0.15, 0.2) is 5.69 Å². The summed E-state index contributed by atoms with van der Waals surface area (Å²) in [6.07, 6.45) is 4.10. The Balaban J connectivity index is 1.57. The number of hydrogen-bond donors (Lipinski definition) is 2. The van der Waals surface area contributed by atoms with Crippen molar-refractivity contribution in [3.8, 4) is 0 Å². The smallest absolute Gasteiger partial charge is 0.273 e. The monoisotopic (exact) mass is 423 g/mol. The molecule has 0 spiro atoms. The van der Waals surface area contributed by atoms with E-state index in [0.29, 0.717) is 19.5 Å². The van der Waals surface area contributed by atoms with Crippen molar-refractivity contribution in [1.82, 2.24) is 25.1 Å². The van der Waals surface area contributed by atoms with E-state index in [4.69, 9.17) is 0 Å². The molecule has 31 heavy (non-hydrogen) atoms. The second-order valence-electron chi connectivity index (χ2n) is 8.72. The Hall–Kier alpha value is -3.16. The summed E-state index contributed by atoms with van der Waals surface area (Å²) in [6.45, 7) is 6.80. The highest BCUT2D eigenvalue weighted by Crippen LogP contribution is 2.29. The summed E-state index contributed by atoms with van der Waals surface area (Å²) in [5.41, 5.74) is 1.48. The highest BCUT2D eigenvalue weighted by atomic mass is 16.2. The Morgan fingerprint density at radius 2 is 1.94 bits per heavy atom. The summed E-state index contributed by atoms with van der Waals surface area (Å²) < 4.78 is 1.64. The molecular formula is C23H29N5O3. The second-order valence-corrected chi connectivity index (χ2v) is 8.72. The second kappa shape index (κ2) is 8.17. The highest BCUT2D eigenvalue weighted by Gasteiger charge is 2.48. The number of nitrogens with one attached hydrogen (secondary N) is 2. The van der Waals surface area contributed by atoms with Crippen LogP contribution in [0.4, 0.5) is 0 Å². The molecule has 3 amide bonds. The minimum atomic E-state index is -1.07. The molecule has 1 aromatic carbocycles. The summed E-state index contributed by atoms with van der Waals surface area (Å²) >= 11 is 0. The fraction of sp³-hybridized carbons (Fsp3) is 0.478. The quantitative estimate of drug-likeness (QED) is 0.712. The maximum atomic E-state index is 13.4. The van der Waals surface area contributed by atoms with Crippen LogP contribution in [-0.4, -0.2) is 50.3 Å². The SMILES string of the molecule is CCCN1C(=O)c2c(C(=O)NC3CC3)ncn2CC1(C)C(=O)NCc1ccc(C)cc1. The summed E-state index contributed by atoms with van der Waals surface area (Å²) in [6, 6.07) is 8.14. The van der Waals surface area contributed by atoms with E-state index in [1.807, 2.05) is 38.1 Å². The van der Waals surface area contributed by atoms with E-state index in [1.165, 1.54) is 6.33 Å². The van der Waals surface area contributed by atoms with Gasteiger partial charge in [-0.3, -0.25) is 14.4 Å². The summed E-state index contributed by atoms with van der Waals surface area (Å²) in [5, 5.41) is 5.88. The number of carbonyl (C=O) groups excluding carboxylic acids is 3. The molecule has 1 unspecified atom stereocenters. The molecule has 1 saturated carbocycles. The third-order valence-electron chi connectivity index (χ3n) is 6.00. The highest BCUT2D eigenvalue weighted by molar-refractivity contribution is 6.07. The lowest BCUT2D eigenvalue weighted by atomic mass is 9.93. The largest absolute Gasteiger partial charge is 0.350 e. The molecule has 0 radical (unpaired) electrons. The van der Waals surface area contributed by atoms with Gasteiger partial charge in [0.1, 0.15) is 11.2 Å². The first kappa shape index (κ1) is 21.1. The minimum Gasteiger partial charge on any atom is -0.350 e. The number of carbonyl (C=O) groups is 3. The van der Waals surface area contributed by atoms with Gasteiger partial charge < -0.3 is 20.1 Å². The first-order valence-corrected chi connectivity index (χ1v) is 10.8. The molecule has 1 aromatic heterocycles. The zero-order valence-electron chi connectivity index (χ0n) is 18.3.